The predicted octanol–water partition coefficient (Wildman–Crippen LogP) is 1.03. The molecular weight excluding hydrogens is 346 g/mol. The van der Waals surface area contributed by atoms with E-state index in [9.17, 15) is 14.4 Å². The number of rotatable bonds is 4. The van der Waals surface area contributed by atoms with E-state index >= 15 is 0 Å². The summed E-state index contributed by atoms with van der Waals surface area (Å²) < 4.78 is 1.92. The molecular formula is C19H23N5O3. The molecule has 0 bridgehead atoms. The largest absolute Gasteiger partial charge is 0.346 e. The van der Waals surface area contributed by atoms with Gasteiger partial charge in [0.05, 0.1) is 24.5 Å². The highest BCUT2D eigenvalue weighted by molar-refractivity contribution is 5.93. The Balaban J connectivity index is 1.41. The number of pyridine rings is 1. The van der Waals surface area contributed by atoms with E-state index in [4.69, 9.17) is 0 Å². The number of fused-ring (bicyclic) bond motifs is 1. The lowest BCUT2D eigenvalue weighted by atomic mass is 9.84. The average Bonchev–Trinajstić information content (AvgIpc) is 2.88. The Kier molecular flexibility index (Phi) is 4.79. The standard InChI is InChI=1S/C19H23N5O3/c25-17-16(6-2-7-20-17)18(26)21-11-14-10-15-12-23(8-3-9-24(15)22-14)19(27)13-4-1-5-13/h2,6-7,10,13H,1,3-5,8-9,11-12H2,(H,20,25)(H,21,26). The van der Waals surface area contributed by atoms with Gasteiger partial charge in [0.15, 0.2) is 0 Å². The van der Waals surface area contributed by atoms with E-state index in [1.54, 1.807) is 6.07 Å². The normalized spacial score (nSPS) is 17.0. The molecule has 2 aliphatic rings. The SMILES string of the molecule is O=C(NCc1cc2n(n1)CCCN(C(=O)C1CCC1)C2)c1ccc[nH]c1=O. The molecule has 2 N–H and O–H groups in total. The van der Waals surface area contributed by atoms with Gasteiger partial charge in [0.2, 0.25) is 5.91 Å². The van der Waals surface area contributed by atoms with Gasteiger partial charge in [-0.1, -0.05) is 6.42 Å². The van der Waals surface area contributed by atoms with Crippen molar-refractivity contribution in [2.75, 3.05) is 6.54 Å². The lowest BCUT2D eigenvalue weighted by Gasteiger charge is -2.30. The zero-order valence-electron chi connectivity index (χ0n) is 15.1. The van der Waals surface area contributed by atoms with Gasteiger partial charge in [0.25, 0.3) is 11.5 Å². The predicted molar refractivity (Wildman–Crippen MR) is 97.8 cm³/mol. The van der Waals surface area contributed by atoms with Crippen LogP contribution in [0.4, 0.5) is 0 Å². The lowest BCUT2D eigenvalue weighted by Crippen LogP contribution is -2.38. The van der Waals surface area contributed by atoms with Crippen molar-refractivity contribution in [3.05, 3.63) is 51.7 Å². The highest BCUT2D eigenvalue weighted by atomic mass is 16.2. The number of H-pyrrole nitrogens is 1. The minimum Gasteiger partial charge on any atom is -0.346 e. The number of nitrogens with zero attached hydrogens (tertiary/aromatic N) is 3. The quantitative estimate of drug-likeness (QED) is 0.841. The second-order valence-corrected chi connectivity index (χ2v) is 7.19. The number of amides is 2. The molecule has 1 saturated carbocycles. The van der Waals surface area contributed by atoms with Crippen molar-refractivity contribution in [3.8, 4) is 0 Å². The Labute approximate surface area is 156 Å². The first-order valence-corrected chi connectivity index (χ1v) is 9.42. The molecule has 8 nitrogen and oxygen atoms in total. The molecule has 2 aromatic heterocycles. The summed E-state index contributed by atoms with van der Waals surface area (Å²) in [6.45, 7) is 2.33. The number of aryl methyl sites for hydroxylation is 1. The Hall–Kier alpha value is -2.90. The van der Waals surface area contributed by atoms with Gasteiger partial charge >= 0.3 is 0 Å². The summed E-state index contributed by atoms with van der Waals surface area (Å²) in [5.41, 5.74) is 1.38. The van der Waals surface area contributed by atoms with Gasteiger partial charge in [0.1, 0.15) is 5.56 Å². The fourth-order valence-electron chi connectivity index (χ4n) is 3.58. The molecule has 8 heteroatoms. The van der Waals surface area contributed by atoms with Gasteiger partial charge < -0.3 is 15.2 Å². The lowest BCUT2D eigenvalue weighted by molar-refractivity contribution is -0.138. The van der Waals surface area contributed by atoms with Crippen LogP contribution >= 0.6 is 0 Å². The monoisotopic (exact) mass is 369 g/mol. The topological polar surface area (TPSA) is 100 Å². The maximum absolute atomic E-state index is 12.6. The van der Waals surface area contributed by atoms with Gasteiger partial charge in [-0.3, -0.25) is 19.1 Å². The Morgan fingerprint density at radius 3 is 2.85 bits per heavy atom. The summed E-state index contributed by atoms with van der Waals surface area (Å²) in [6, 6.07) is 5.03. The second kappa shape index (κ2) is 7.38. The van der Waals surface area contributed by atoms with Gasteiger partial charge in [0, 0.05) is 25.2 Å². The van der Waals surface area contributed by atoms with E-state index in [0.29, 0.717) is 6.54 Å². The molecule has 0 radical (unpaired) electrons. The number of carbonyl (C=O) groups is 2. The van der Waals surface area contributed by atoms with Crippen LogP contribution < -0.4 is 10.9 Å². The minimum absolute atomic E-state index is 0.0792. The Morgan fingerprint density at radius 1 is 1.26 bits per heavy atom. The Bertz CT molecular complexity index is 912. The van der Waals surface area contributed by atoms with Crippen molar-refractivity contribution >= 4 is 11.8 Å². The van der Waals surface area contributed by atoms with Crippen molar-refractivity contribution < 1.29 is 9.59 Å². The first-order chi connectivity index (χ1) is 13.1. The van der Waals surface area contributed by atoms with Crippen molar-refractivity contribution in [2.45, 2.75) is 45.3 Å². The number of aromatic amines is 1. The van der Waals surface area contributed by atoms with Crippen molar-refractivity contribution in [2.24, 2.45) is 5.92 Å². The maximum Gasteiger partial charge on any atom is 0.260 e. The summed E-state index contributed by atoms with van der Waals surface area (Å²) >= 11 is 0. The molecule has 0 spiro atoms. The fraction of sp³-hybridized carbons (Fsp3) is 0.474. The molecule has 0 saturated heterocycles. The van der Waals surface area contributed by atoms with Gasteiger partial charge in [-0.2, -0.15) is 5.10 Å². The fourth-order valence-corrected chi connectivity index (χ4v) is 3.58. The van der Waals surface area contributed by atoms with E-state index in [1.807, 2.05) is 15.6 Å². The molecule has 1 fully saturated rings. The van der Waals surface area contributed by atoms with E-state index < -0.39 is 11.5 Å². The summed E-state index contributed by atoms with van der Waals surface area (Å²) in [4.78, 5) is 40.8. The molecule has 2 aromatic rings. The van der Waals surface area contributed by atoms with Crippen LogP contribution in [0.3, 0.4) is 0 Å². The van der Waals surface area contributed by atoms with Crippen LogP contribution in [0.2, 0.25) is 0 Å². The molecule has 2 amide bonds. The second-order valence-electron chi connectivity index (χ2n) is 7.19. The molecule has 142 valence electrons. The average molecular weight is 369 g/mol. The number of aromatic nitrogens is 3. The smallest absolute Gasteiger partial charge is 0.260 e. The first kappa shape index (κ1) is 17.5. The van der Waals surface area contributed by atoms with Crippen molar-refractivity contribution in [3.63, 3.8) is 0 Å². The number of hydrogen-bond acceptors (Lipinski definition) is 4. The van der Waals surface area contributed by atoms with Crippen molar-refractivity contribution in [1.82, 2.24) is 25.0 Å². The van der Waals surface area contributed by atoms with E-state index in [0.717, 1.165) is 50.2 Å². The van der Waals surface area contributed by atoms with E-state index in [-0.39, 0.29) is 23.9 Å². The van der Waals surface area contributed by atoms with Gasteiger partial charge in [-0.05, 0) is 37.5 Å². The summed E-state index contributed by atoms with van der Waals surface area (Å²) in [5.74, 6) is 0.0260. The highest BCUT2D eigenvalue weighted by Crippen LogP contribution is 2.29. The minimum atomic E-state index is -0.429. The molecule has 27 heavy (non-hydrogen) atoms. The third-order valence-electron chi connectivity index (χ3n) is 5.32. The molecule has 1 aliphatic carbocycles. The molecule has 0 unspecified atom stereocenters. The van der Waals surface area contributed by atoms with Crippen LogP contribution in [0.25, 0.3) is 0 Å². The van der Waals surface area contributed by atoms with Crippen molar-refractivity contribution in [1.29, 1.82) is 0 Å². The van der Waals surface area contributed by atoms with Crippen LogP contribution in [0.5, 0.6) is 0 Å². The first-order valence-electron chi connectivity index (χ1n) is 9.42. The number of carbonyl (C=O) groups excluding carboxylic acids is 2. The molecule has 0 aromatic carbocycles. The zero-order valence-corrected chi connectivity index (χ0v) is 15.1. The summed E-state index contributed by atoms with van der Waals surface area (Å²) in [6.07, 6.45) is 5.52. The maximum atomic E-state index is 12.6. The van der Waals surface area contributed by atoms with Crippen LogP contribution in [0.15, 0.2) is 29.2 Å². The highest BCUT2D eigenvalue weighted by Gasteiger charge is 2.30. The van der Waals surface area contributed by atoms with Crippen LogP contribution in [0, 0.1) is 5.92 Å². The number of nitrogens with one attached hydrogen (secondary N) is 2. The van der Waals surface area contributed by atoms with Crippen LogP contribution in [0.1, 0.15) is 47.4 Å². The zero-order chi connectivity index (χ0) is 18.8. The Morgan fingerprint density at radius 2 is 2.11 bits per heavy atom. The molecule has 4 rings (SSSR count). The third kappa shape index (κ3) is 3.65. The van der Waals surface area contributed by atoms with Crippen LogP contribution in [-0.2, 0) is 24.4 Å². The molecule has 0 atom stereocenters. The molecule has 3 heterocycles. The van der Waals surface area contributed by atoms with Crippen LogP contribution in [-0.4, -0.2) is 38.0 Å². The third-order valence-corrected chi connectivity index (χ3v) is 5.32. The summed E-state index contributed by atoms with van der Waals surface area (Å²) in [5, 5.41) is 7.29. The van der Waals surface area contributed by atoms with E-state index in [2.05, 4.69) is 15.4 Å². The molecule has 1 aliphatic heterocycles. The van der Waals surface area contributed by atoms with Gasteiger partial charge in [-0.25, -0.2) is 0 Å². The van der Waals surface area contributed by atoms with E-state index in [1.165, 1.54) is 12.3 Å². The number of hydrogen-bond donors (Lipinski definition) is 2. The summed E-state index contributed by atoms with van der Waals surface area (Å²) in [7, 11) is 0. The van der Waals surface area contributed by atoms with Gasteiger partial charge in [-0.15, -0.1) is 0 Å².